The van der Waals surface area contributed by atoms with E-state index < -0.39 is 12.0 Å². The Balaban J connectivity index is 2.13. The minimum absolute atomic E-state index is 0.0166. The number of aromatic nitrogens is 2. The van der Waals surface area contributed by atoms with Gasteiger partial charge in [-0.05, 0) is 31.4 Å². The Labute approximate surface area is 122 Å². The van der Waals surface area contributed by atoms with Crippen LogP contribution in [0.2, 0.25) is 0 Å². The Morgan fingerprint density at radius 1 is 1.43 bits per heavy atom. The topological polar surface area (TPSA) is 83.7 Å². The minimum atomic E-state index is -0.441. The molecule has 0 radical (unpaired) electrons. The second-order valence-corrected chi connectivity index (χ2v) is 5.31. The Morgan fingerprint density at radius 3 is 2.90 bits per heavy atom. The highest BCUT2D eigenvalue weighted by Crippen LogP contribution is 2.04. The monoisotopic (exact) mass is 289 g/mol. The number of rotatable bonds is 5. The Kier molecular flexibility index (Phi) is 4.70. The average molecular weight is 289 g/mol. The summed E-state index contributed by atoms with van der Waals surface area (Å²) in [7, 11) is 0. The van der Waals surface area contributed by atoms with E-state index in [0.717, 1.165) is 0 Å². The predicted molar refractivity (Wildman–Crippen MR) is 79.3 cm³/mol. The normalized spacial score (nSPS) is 13.9. The van der Waals surface area contributed by atoms with Gasteiger partial charge in [-0.25, -0.2) is 4.98 Å². The summed E-state index contributed by atoms with van der Waals surface area (Å²) >= 11 is 0. The van der Waals surface area contributed by atoms with Gasteiger partial charge in [-0.1, -0.05) is 13.0 Å². The molecule has 0 fully saturated rings. The standard InChI is InChI=1S/C15H19N3O3/c1-10(7-11(2)19)8-17-14(20)12-9-16-13-5-3-4-6-18(13)15(12)21/h3-6,9-11,19H,7-8H2,1-2H3,(H,17,20). The van der Waals surface area contributed by atoms with Crippen LogP contribution < -0.4 is 10.9 Å². The van der Waals surface area contributed by atoms with E-state index in [2.05, 4.69) is 10.3 Å². The number of fused-ring (bicyclic) bond motifs is 1. The van der Waals surface area contributed by atoms with Gasteiger partial charge < -0.3 is 10.4 Å². The van der Waals surface area contributed by atoms with Crippen LogP contribution in [0.3, 0.4) is 0 Å². The predicted octanol–water partition coefficient (Wildman–Crippen LogP) is 0.831. The van der Waals surface area contributed by atoms with Crippen LogP contribution in [0, 0.1) is 5.92 Å². The molecule has 1 amide bonds. The number of aliphatic hydroxyl groups excluding tert-OH is 1. The molecular weight excluding hydrogens is 270 g/mol. The lowest BCUT2D eigenvalue weighted by atomic mass is 10.0. The van der Waals surface area contributed by atoms with Crippen molar-refractivity contribution < 1.29 is 9.90 Å². The first-order chi connectivity index (χ1) is 9.99. The molecule has 2 aromatic rings. The third-order valence-corrected chi connectivity index (χ3v) is 3.21. The average Bonchev–Trinajstić information content (AvgIpc) is 2.45. The molecule has 6 heteroatoms. The van der Waals surface area contributed by atoms with Crippen LogP contribution in [-0.4, -0.2) is 33.0 Å². The maximum atomic E-state index is 12.2. The van der Waals surface area contributed by atoms with Crippen molar-refractivity contribution in [2.24, 2.45) is 5.92 Å². The Morgan fingerprint density at radius 2 is 2.19 bits per heavy atom. The van der Waals surface area contributed by atoms with Crippen LogP contribution >= 0.6 is 0 Å². The van der Waals surface area contributed by atoms with Crippen LogP contribution in [0.1, 0.15) is 30.6 Å². The van der Waals surface area contributed by atoms with E-state index in [0.29, 0.717) is 18.6 Å². The van der Waals surface area contributed by atoms with Gasteiger partial charge in [0.1, 0.15) is 11.2 Å². The van der Waals surface area contributed by atoms with Crippen molar-refractivity contribution in [3.8, 4) is 0 Å². The molecular formula is C15H19N3O3. The van der Waals surface area contributed by atoms with E-state index in [9.17, 15) is 14.7 Å². The van der Waals surface area contributed by atoms with Crippen LogP contribution in [-0.2, 0) is 0 Å². The van der Waals surface area contributed by atoms with Crippen LogP contribution in [0.25, 0.3) is 5.65 Å². The highest BCUT2D eigenvalue weighted by atomic mass is 16.3. The molecule has 6 nitrogen and oxygen atoms in total. The molecule has 2 rings (SSSR count). The number of carbonyl (C=O) groups excluding carboxylic acids is 1. The zero-order valence-corrected chi connectivity index (χ0v) is 12.1. The van der Waals surface area contributed by atoms with E-state index in [1.54, 1.807) is 31.3 Å². The summed E-state index contributed by atoms with van der Waals surface area (Å²) in [6, 6.07) is 5.19. The number of nitrogens with one attached hydrogen (secondary N) is 1. The van der Waals surface area contributed by atoms with Crippen LogP contribution in [0.5, 0.6) is 0 Å². The van der Waals surface area contributed by atoms with Crippen LogP contribution in [0.4, 0.5) is 0 Å². The van der Waals surface area contributed by atoms with E-state index in [1.165, 1.54) is 10.6 Å². The van der Waals surface area contributed by atoms with Gasteiger partial charge in [0.05, 0.1) is 6.10 Å². The maximum absolute atomic E-state index is 12.2. The molecule has 2 N–H and O–H groups in total. The van der Waals surface area contributed by atoms with Crippen molar-refractivity contribution in [1.82, 2.24) is 14.7 Å². The molecule has 0 aliphatic heterocycles. The fourth-order valence-electron chi connectivity index (χ4n) is 2.21. The highest BCUT2D eigenvalue weighted by Gasteiger charge is 2.14. The lowest BCUT2D eigenvalue weighted by molar-refractivity contribution is 0.0937. The third-order valence-electron chi connectivity index (χ3n) is 3.21. The number of amides is 1. The summed E-state index contributed by atoms with van der Waals surface area (Å²) in [5.41, 5.74) is 0.130. The third kappa shape index (κ3) is 3.66. The molecule has 2 atom stereocenters. The number of hydrogen-bond acceptors (Lipinski definition) is 4. The van der Waals surface area contributed by atoms with Gasteiger partial charge in [0.2, 0.25) is 0 Å². The number of pyridine rings is 1. The highest BCUT2D eigenvalue weighted by molar-refractivity contribution is 5.93. The molecule has 0 aromatic carbocycles. The summed E-state index contributed by atoms with van der Waals surface area (Å²) in [5, 5.41) is 12.0. The maximum Gasteiger partial charge on any atom is 0.270 e. The lowest BCUT2D eigenvalue weighted by Crippen LogP contribution is -2.34. The number of hydrogen-bond donors (Lipinski definition) is 2. The quantitative estimate of drug-likeness (QED) is 0.854. The molecule has 0 saturated carbocycles. The smallest absolute Gasteiger partial charge is 0.270 e. The summed E-state index contributed by atoms with van der Waals surface area (Å²) in [4.78, 5) is 28.4. The van der Waals surface area contributed by atoms with Gasteiger partial charge in [0.25, 0.3) is 11.5 Å². The van der Waals surface area contributed by atoms with E-state index in [-0.39, 0.29) is 17.0 Å². The molecule has 0 aliphatic rings. The molecule has 21 heavy (non-hydrogen) atoms. The van der Waals surface area contributed by atoms with Crippen molar-refractivity contribution in [2.75, 3.05) is 6.54 Å². The van der Waals surface area contributed by atoms with Gasteiger partial charge in [0, 0.05) is 18.9 Å². The van der Waals surface area contributed by atoms with E-state index in [1.807, 2.05) is 6.92 Å². The van der Waals surface area contributed by atoms with E-state index in [4.69, 9.17) is 0 Å². The van der Waals surface area contributed by atoms with Crippen molar-refractivity contribution in [3.05, 3.63) is 46.5 Å². The van der Waals surface area contributed by atoms with Crippen molar-refractivity contribution in [3.63, 3.8) is 0 Å². The number of aliphatic hydroxyl groups is 1. The van der Waals surface area contributed by atoms with Gasteiger partial charge in [-0.3, -0.25) is 14.0 Å². The van der Waals surface area contributed by atoms with Gasteiger partial charge in [-0.15, -0.1) is 0 Å². The first-order valence-corrected chi connectivity index (χ1v) is 6.91. The second kappa shape index (κ2) is 6.49. The molecule has 0 bridgehead atoms. The summed E-state index contributed by atoms with van der Waals surface area (Å²) < 4.78 is 1.34. The van der Waals surface area contributed by atoms with Gasteiger partial charge >= 0.3 is 0 Å². The molecule has 0 spiro atoms. The lowest BCUT2D eigenvalue weighted by Gasteiger charge is -2.14. The fraction of sp³-hybridized carbons (Fsp3) is 0.400. The van der Waals surface area contributed by atoms with Gasteiger partial charge in [-0.2, -0.15) is 0 Å². The molecule has 2 unspecified atom stereocenters. The SMILES string of the molecule is CC(O)CC(C)CNC(=O)c1cnc2ccccn2c1=O. The fourth-order valence-corrected chi connectivity index (χ4v) is 2.21. The zero-order valence-electron chi connectivity index (χ0n) is 12.1. The largest absolute Gasteiger partial charge is 0.393 e. The Bertz CT molecular complexity index is 694. The summed E-state index contributed by atoms with van der Waals surface area (Å²) in [6.07, 6.45) is 3.06. The van der Waals surface area contributed by atoms with E-state index >= 15 is 0 Å². The molecule has 0 saturated heterocycles. The molecule has 2 heterocycles. The first kappa shape index (κ1) is 15.2. The minimum Gasteiger partial charge on any atom is -0.393 e. The van der Waals surface area contributed by atoms with Crippen molar-refractivity contribution in [1.29, 1.82) is 0 Å². The molecule has 112 valence electrons. The van der Waals surface area contributed by atoms with Crippen molar-refractivity contribution >= 4 is 11.6 Å². The van der Waals surface area contributed by atoms with Gasteiger partial charge in [0.15, 0.2) is 0 Å². The molecule has 2 aromatic heterocycles. The zero-order chi connectivity index (χ0) is 15.4. The van der Waals surface area contributed by atoms with Crippen LogP contribution in [0.15, 0.2) is 35.4 Å². The Hall–Kier alpha value is -2.21. The second-order valence-electron chi connectivity index (χ2n) is 5.31. The number of nitrogens with zero attached hydrogens (tertiary/aromatic N) is 2. The molecule has 0 aliphatic carbocycles. The first-order valence-electron chi connectivity index (χ1n) is 6.91. The summed E-state index contributed by atoms with van der Waals surface area (Å²) in [6.45, 7) is 4.04. The summed E-state index contributed by atoms with van der Waals surface area (Å²) in [5.74, 6) is -0.312. The number of carbonyl (C=O) groups is 1. The van der Waals surface area contributed by atoms with Crippen molar-refractivity contribution in [2.45, 2.75) is 26.4 Å².